The Bertz CT molecular complexity index is 776. The number of ether oxygens (including phenoxy) is 2. The van der Waals surface area contributed by atoms with Crippen LogP contribution in [0.15, 0.2) is 61.2 Å². The lowest BCUT2D eigenvalue weighted by atomic mass is 10.1. The van der Waals surface area contributed by atoms with Crippen LogP contribution in [-0.4, -0.2) is 23.8 Å². The summed E-state index contributed by atoms with van der Waals surface area (Å²) in [4.78, 5) is 4.08. The normalized spacial score (nSPS) is 12.0. The molecular weight excluding hydrogens is 314 g/mol. The van der Waals surface area contributed by atoms with Gasteiger partial charge in [-0.2, -0.15) is 0 Å². The first-order valence-electron chi connectivity index (χ1n) is 8.23. The molecule has 1 unspecified atom stereocenters. The quantitative estimate of drug-likeness (QED) is 0.713. The molecule has 25 heavy (non-hydrogen) atoms. The second-order valence-electron chi connectivity index (χ2n) is 5.88. The summed E-state index contributed by atoms with van der Waals surface area (Å²) >= 11 is 0. The van der Waals surface area contributed by atoms with Gasteiger partial charge in [0.15, 0.2) is 0 Å². The van der Waals surface area contributed by atoms with Crippen LogP contribution >= 0.6 is 0 Å². The Morgan fingerprint density at radius 3 is 2.28 bits per heavy atom. The van der Waals surface area contributed by atoms with Crippen molar-refractivity contribution < 1.29 is 9.47 Å². The molecule has 5 nitrogen and oxygen atoms in total. The monoisotopic (exact) mass is 337 g/mol. The second kappa shape index (κ2) is 7.85. The first-order chi connectivity index (χ1) is 12.2. The van der Waals surface area contributed by atoms with Crippen LogP contribution in [0.3, 0.4) is 0 Å². The summed E-state index contributed by atoms with van der Waals surface area (Å²) in [5.74, 6) is 1.60. The number of nitrogens with zero attached hydrogens (tertiary/aromatic N) is 2. The molecule has 0 spiro atoms. The predicted octanol–water partition coefficient (Wildman–Crippen LogP) is 3.74. The fourth-order valence-electron chi connectivity index (χ4n) is 2.70. The Kier molecular flexibility index (Phi) is 5.36. The molecule has 2 aromatic carbocycles. The van der Waals surface area contributed by atoms with Crippen molar-refractivity contribution in [1.82, 2.24) is 14.9 Å². The molecule has 130 valence electrons. The Balaban J connectivity index is 1.65. The summed E-state index contributed by atoms with van der Waals surface area (Å²) in [6.07, 6.45) is 5.51. The van der Waals surface area contributed by atoms with Crippen molar-refractivity contribution in [2.45, 2.75) is 19.5 Å². The third-order valence-corrected chi connectivity index (χ3v) is 4.22. The predicted molar refractivity (Wildman–Crippen MR) is 98.4 cm³/mol. The van der Waals surface area contributed by atoms with Gasteiger partial charge in [0.2, 0.25) is 0 Å². The lowest BCUT2D eigenvalue weighted by Gasteiger charge is -2.16. The molecule has 0 radical (unpaired) electrons. The Morgan fingerprint density at radius 2 is 1.72 bits per heavy atom. The molecular formula is C20H23N3O2. The highest BCUT2D eigenvalue weighted by molar-refractivity contribution is 5.39. The van der Waals surface area contributed by atoms with Gasteiger partial charge in [-0.3, -0.25) is 0 Å². The number of rotatable bonds is 7. The minimum absolute atomic E-state index is 0.231. The molecule has 0 amide bonds. The van der Waals surface area contributed by atoms with Crippen molar-refractivity contribution in [3.63, 3.8) is 0 Å². The second-order valence-corrected chi connectivity index (χ2v) is 5.88. The van der Waals surface area contributed by atoms with Crippen LogP contribution < -0.4 is 14.8 Å². The zero-order valence-corrected chi connectivity index (χ0v) is 14.8. The van der Waals surface area contributed by atoms with Gasteiger partial charge in [0, 0.05) is 36.7 Å². The van der Waals surface area contributed by atoms with E-state index in [1.54, 1.807) is 26.7 Å². The van der Waals surface area contributed by atoms with Crippen LogP contribution in [0.25, 0.3) is 5.69 Å². The van der Waals surface area contributed by atoms with Gasteiger partial charge >= 0.3 is 0 Å². The van der Waals surface area contributed by atoms with Crippen molar-refractivity contribution in [2.75, 3.05) is 14.2 Å². The van der Waals surface area contributed by atoms with Crippen LogP contribution in [-0.2, 0) is 6.54 Å². The molecule has 5 heteroatoms. The molecule has 0 saturated heterocycles. The number of imidazole rings is 1. The standard InChI is InChI=1S/C20H23N3O2/c1-15(17-4-6-18(7-5-17)23-9-8-21-14-23)22-13-16-10-19(24-2)12-20(11-16)25-3/h4-12,14-15,22H,13H2,1-3H3. The van der Waals surface area contributed by atoms with E-state index in [0.29, 0.717) is 0 Å². The molecule has 3 aromatic rings. The van der Waals surface area contributed by atoms with E-state index >= 15 is 0 Å². The maximum atomic E-state index is 5.32. The van der Waals surface area contributed by atoms with Gasteiger partial charge in [0.05, 0.1) is 20.5 Å². The van der Waals surface area contributed by atoms with Gasteiger partial charge in [0.25, 0.3) is 0 Å². The fraction of sp³-hybridized carbons (Fsp3) is 0.250. The Labute approximate surface area is 148 Å². The van der Waals surface area contributed by atoms with Crippen LogP contribution in [0.5, 0.6) is 11.5 Å². The molecule has 1 aromatic heterocycles. The van der Waals surface area contributed by atoms with Gasteiger partial charge in [-0.1, -0.05) is 12.1 Å². The molecule has 0 aliphatic carbocycles. The molecule has 0 fully saturated rings. The van der Waals surface area contributed by atoms with E-state index in [4.69, 9.17) is 9.47 Å². The van der Waals surface area contributed by atoms with E-state index in [0.717, 1.165) is 29.3 Å². The number of nitrogens with one attached hydrogen (secondary N) is 1. The summed E-state index contributed by atoms with van der Waals surface area (Å²) in [5.41, 5.74) is 3.46. The minimum atomic E-state index is 0.231. The van der Waals surface area contributed by atoms with Crippen molar-refractivity contribution in [1.29, 1.82) is 0 Å². The molecule has 3 rings (SSSR count). The average molecular weight is 337 g/mol. The van der Waals surface area contributed by atoms with Crippen molar-refractivity contribution in [3.05, 3.63) is 72.3 Å². The van der Waals surface area contributed by atoms with Gasteiger partial charge in [0.1, 0.15) is 11.5 Å². The van der Waals surface area contributed by atoms with Crippen molar-refractivity contribution in [2.24, 2.45) is 0 Å². The van der Waals surface area contributed by atoms with E-state index in [2.05, 4.69) is 41.5 Å². The summed E-state index contributed by atoms with van der Waals surface area (Å²) in [6.45, 7) is 2.89. The number of aromatic nitrogens is 2. The highest BCUT2D eigenvalue weighted by atomic mass is 16.5. The van der Waals surface area contributed by atoms with Crippen LogP contribution in [0.2, 0.25) is 0 Å². The van der Waals surface area contributed by atoms with Gasteiger partial charge in [-0.25, -0.2) is 4.98 Å². The number of hydrogen-bond donors (Lipinski definition) is 1. The molecule has 1 heterocycles. The lowest BCUT2D eigenvalue weighted by Crippen LogP contribution is -2.18. The van der Waals surface area contributed by atoms with Crippen LogP contribution in [0.4, 0.5) is 0 Å². The molecule has 0 aliphatic rings. The van der Waals surface area contributed by atoms with E-state index in [9.17, 15) is 0 Å². The SMILES string of the molecule is COc1cc(CNC(C)c2ccc(-n3ccnc3)cc2)cc(OC)c1. The zero-order chi connectivity index (χ0) is 17.6. The summed E-state index contributed by atoms with van der Waals surface area (Å²) in [7, 11) is 3.33. The van der Waals surface area contributed by atoms with E-state index in [1.807, 2.05) is 29.0 Å². The summed E-state index contributed by atoms with van der Waals surface area (Å²) in [6, 6.07) is 14.6. The van der Waals surface area contributed by atoms with Crippen molar-refractivity contribution in [3.8, 4) is 17.2 Å². The van der Waals surface area contributed by atoms with Crippen molar-refractivity contribution >= 4 is 0 Å². The minimum Gasteiger partial charge on any atom is -0.497 e. The van der Waals surface area contributed by atoms with E-state index in [1.165, 1.54) is 5.56 Å². The fourth-order valence-corrected chi connectivity index (χ4v) is 2.70. The summed E-state index contributed by atoms with van der Waals surface area (Å²) < 4.78 is 12.6. The van der Waals surface area contributed by atoms with E-state index < -0.39 is 0 Å². The highest BCUT2D eigenvalue weighted by Crippen LogP contribution is 2.23. The maximum Gasteiger partial charge on any atom is 0.122 e. The Morgan fingerprint density at radius 1 is 1.04 bits per heavy atom. The maximum absolute atomic E-state index is 5.32. The first-order valence-corrected chi connectivity index (χ1v) is 8.23. The summed E-state index contributed by atoms with van der Waals surface area (Å²) in [5, 5.41) is 3.54. The first kappa shape index (κ1) is 17.0. The number of hydrogen-bond acceptors (Lipinski definition) is 4. The third-order valence-electron chi connectivity index (χ3n) is 4.22. The number of methoxy groups -OCH3 is 2. The molecule has 1 atom stereocenters. The van der Waals surface area contributed by atoms with Crippen LogP contribution in [0.1, 0.15) is 24.1 Å². The topological polar surface area (TPSA) is 48.3 Å². The van der Waals surface area contributed by atoms with Gasteiger partial charge in [-0.15, -0.1) is 0 Å². The van der Waals surface area contributed by atoms with Gasteiger partial charge < -0.3 is 19.4 Å². The smallest absolute Gasteiger partial charge is 0.122 e. The highest BCUT2D eigenvalue weighted by Gasteiger charge is 2.07. The Hall–Kier alpha value is -2.79. The van der Waals surface area contributed by atoms with Crippen LogP contribution in [0, 0.1) is 0 Å². The molecule has 0 saturated carbocycles. The average Bonchev–Trinajstić information content (AvgIpc) is 3.20. The third kappa shape index (κ3) is 4.19. The van der Waals surface area contributed by atoms with Gasteiger partial charge in [-0.05, 0) is 42.3 Å². The molecule has 1 N–H and O–H groups in total. The lowest BCUT2D eigenvalue weighted by molar-refractivity contribution is 0.392. The molecule has 0 aliphatic heterocycles. The largest absolute Gasteiger partial charge is 0.497 e. The number of benzene rings is 2. The molecule has 0 bridgehead atoms. The van der Waals surface area contributed by atoms with E-state index in [-0.39, 0.29) is 6.04 Å². The zero-order valence-electron chi connectivity index (χ0n) is 14.8.